The molecule has 9 heteroatoms. The summed E-state index contributed by atoms with van der Waals surface area (Å²) in [5.74, 6) is -0.625. The minimum absolute atomic E-state index is 0.00773. The van der Waals surface area contributed by atoms with Crippen LogP contribution in [0.25, 0.3) is 0 Å². The highest BCUT2D eigenvalue weighted by Crippen LogP contribution is 2.47. The van der Waals surface area contributed by atoms with Gasteiger partial charge in [0.15, 0.2) is 0 Å². The van der Waals surface area contributed by atoms with Crippen LogP contribution in [0.5, 0.6) is 0 Å². The number of hydrogen-bond acceptors (Lipinski definition) is 5. The lowest BCUT2D eigenvalue weighted by molar-refractivity contribution is -0.135. The molecule has 3 aliphatic rings. The average Bonchev–Trinajstić information content (AvgIpc) is 3.33. The highest BCUT2D eigenvalue weighted by molar-refractivity contribution is 8.01. The maximum absolute atomic E-state index is 12.9. The monoisotopic (exact) mass is 455 g/mol. The van der Waals surface area contributed by atoms with E-state index >= 15 is 0 Å². The van der Waals surface area contributed by atoms with Crippen LogP contribution in [-0.2, 0) is 9.59 Å². The molecule has 0 spiro atoms. The van der Waals surface area contributed by atoms with E-state index in [1.54, 1.807) is 47.0 Å². The number of hydrogen-bond donors (Lipinski definition) is 1. The standard InChI is InChI=1S/C22H18ClN3O4S/c1-22-9-8-18(27)26(22)17(11-31-22)19(28)24-12-6-7-16(15(23)10-12)25-20(29)13-4-2-3-5-14(13)21(25)30/h2-7,10,17H,8-9,11H2,1H3,(H,24,28). The van der Waals surface area contributed by atoms with Crippen molar-refractivity contribution in [3.63, 3.8) is 0 Å². The van der Waals surface area contributed by atoms with Crippen molar-refractivity contribution < 1.29 is 19.2 Å². The number of nitrogens with zero attached hydrogens (tertiary/aromatic N) is 2. The normalized spacial score (nSPS) is 24.6. The van der Waals surface area contributed by atoms with Crippen molar-refractivity contribution in [2.24, 2.45) is 0 Å². The lowest BCUT2D eigenvalue weighted by Gasteiger charge is -2.29. The number of carbonyl (C=O) groups excluding carboxylic acids is 4. The molecule has 158 valence electrons. The lowest BCUT2D eigenvalue weighted by Crippen LogP contribution is -2.48. The molecule has 0 aromatic heterocycles. The van der Waals surface area contributed by atoms with Gasteiger partial charge in [-0.05, 0) is 43.7 Å². The highest BCUT2D eigenvalue weighted by atomic mass is 35.5. The fourth-order valence-electron chi connectivity index (χ4n) is 4.41. The van der Waals surface area contributed by atoms with Gasteiger partial charge in [0.2, 0.25) is 11.8 Å². The zero-order valence-corrected chi connectivity index (χ0v) is 18.1. The van der Waals surface area contributed by atoms with Crippen molar-refractivity contribution in [2.75, 3.05) is 16.0 Å². The van der Waals surface area contributed by atoms with Gasteiger partial charge in [0.1, 0.15) is 6.04 Å². The SMILES string of the molecule is CC12CCC(=O)N1C(C(=O)Nc1ccc(N3C(=O)c4ccccc4C3=O)c(Cl)c1)CS2. The number of amides is 4. The summed E-state index contributed by atoms with van der Waals surface area (Å²) in [6.45, 7) is 1.99. The van der Waals surface area contributed by atoms with Crippen LogP contribution in [0.4, 0.5) is 11.4 Å². The third-order valence-corrected chi connectivity index (χ3v) is 7.81. The molecule has 1 N–H and O–H groups in total. The average molecular weight is 456 g/mol. The number of benzene rings is 2. The Balaban J connectivity index is 1.36. The lowest BCUT2D eigenvalue weighted by atomic mass is 10.1. The van der Waals surface area contributed by atoms with Crippen LogP contribution in [0.15, 0.2) is 42.5 Å². The van der Waals surface area contributed by atoms with Gasteiger partial charge in [0.05, 0.1) is 26.7 Å². The Kier molecular flexibility index (Phi) is 4.60. The van der Waals surface area contributed by atoms with Crippen LogP contribution in [-0.4, -0.2) is 45.2 Å². The number of anilines is 2. The van der Waals surface area contributed by atoms with E-state index in [1.807, 2.05) is 6.92 Å². The molecule has 2 unspecified atom stereocenters. The quantitative estimate of drug-likeness (QED) is 0.715. The summed E-state index contributed by atoms with van der Waals surface area (Å²) < 4.78 is 0. The number of halogens is 1. The van der Waals surface area contributed by atoms with Gasteiger partial charge in [0, 0.05) is 17.9 Å². The van der Waals surface area contributed by atoms with E-state index < -0.39 is 17.9 Å². The Hall–Kier alpha value is -2.84. The molecule has 0 aliphatic carbocycles. The second-order valence-corrected chi connectivity index (χ2v) is 9.82. The highest BCUT2D eigenvalue weighted by Gasteiger charge is 2.52. The molecule has 4 amide bonds. The molecule has 3 aliphatic heterocycles. The minimum Gasteiger partial charge on any atom is -0.324 e. The molecule has 2 aromatic rings. The molecule has 0 saturated carbocycles. The Bertz CT molecular complexity index is 1130. The molecule has 2 aromatic carbocycles. The van der Waals surface area contributed by atoms with E-state index in [1.165, 1.54) is 12.1 Å². The number of imide groups is 1. The van der Waals surface area contributed by atoms with Gasteiger partial charge in [-0.1, -0.05) is 23.7 Å². The summed E-state index contributed by atoms with van der Waals surface area (Å²) in [4.78, 5) is 52.9. The minimum atomic E-state index is -0.542. The van der Waals surface area contributed by atoms with Crippen molar-refractivity contribution in [3.05, 3.63) is 58.6 Å². The van der Waals surface area contributed by atoms with E-state index in [2.05, 4.69) is 5.32 Å². The van der Waals surface area contributed by atoms with Gasteiger partial charge in [-0.2, -0.15) is 0 Å². The molecular weight excluding hydrogens is 438 g/mol. The summed E-state index contributed by atoms with van der Waals surface area (Å²) in [6.07, 6.45) is 1.19. The molecule has 2 atom stereocenters. The molecule has 0 bridgehead atoms. The maximum Gasteiger partial charge on any atom is 0.266 e. The first kappa shape index (κ1) is 20.1. The Morgan fingerprint density at radius 2 is 1.81 bits per heavy atom. The predicted molar refractivity (Wildman–Crippen MR) is 118 cm³/mol. The van der Waals surface area contributed by atoms with Gasteiger partial charge in [-0.3, -0.25) is 19.2 Å². The smallest absolute Gasteiger partial charge is 0.266 e. The molecule has 3 heterocycles. The summed E-state index contributed by atoms with van der Waals surface area (Å²) in [5, 5.41) is 2.98. The number of carbonyl (C=O) groups is 4. The second kappa shape index (κ2) is 7.10. The first-order valence-corrected chi connectivity index (χ1v) is 11.2. The van der Waals surface area contributed by atoms with Gasteiger partial charge in [-0.25, -0.2) is 4.90 Å². The van der Waals surface area contributed by atoms with Crippen LogP contribution in [0.1, 0.15) is 40.5 Å². The maximum atomic E-state index is 12.9. The third kappa shape index (κ3) is 3.04. The van der Waals surface area contributed by atoms with Crippen molar-refractivity contribution in [3.8, 4) is 0 Å². The largest absolute Gasteiger partial charge is 0.324 e. The molecule has 7 nitrogen and oxygen atoms in total. The Labute approximate surface area is 187 Å². The van der Waals surface area contributed by atoms with Gasteiger partial charge >= 0.3 is 0 Å². The van der Waals surface area contributed by atoms with E-state index in [-0.39, 0.29) is 27.4 Å². The molecule has 31 heavy (non-hydrogen) atoms. The van der Waals surface area contributed by atoms with Crippen LogP contribution in [0, 0.1) is 0 Å². The molecule has 5 rings (SSSR count). The zero-order valence-electron chi connectivity index (χ0n) is 16.6. The Morgan fingerprint density at radius 1 is 1.13 bits per heavy atom. The summed E-state index contributed by atoms with van der Waals surface area (Å²) in [7, 11) is 0. The summed E-state index contributed by atoms with van der Waals surface area (Å²) in [6, 6.07) is 10.7. The van der Waals surface area contributed by atoms with Gasteiger partial charge < -0.3 is 10.2 Å². The van der Waals surface area contributed by atoms with E-state index in [0.29, 0.717) is 29.0 Å². The number of thioether (sulfide) groups is 1. The first-order chi connectivity index (χ1) is 14.8. The predicted octanol–water partition coefficient (Wildman–Crippen LogP) is 3.53. The molecule has 0 radical (unpaired) electrons. The summed E-state index contributed by atoms with van der Waals surface area (Å²) in [5.41, 5.74) is 1.35. The molecular formula is C22H18ClN3O4S. The van der Waals surface area contributed by atoms with Crippen molar-refractivity contribution in [1.82, 2.24) is 4.90 Å². The van der Waals surface area contributed by atoms with Crippen molar-refractivity contribution in [1.29, 1.82) is 0 Å². The number of rotatable bonds is 3. The van der Waals surface area contributed by atoms with Crippen LogP contribution in [0.3, 0.4) is 0 Å². The van der Waals surface area contributed by atoms with E-state index in [9.17, 15) is 19.2 Å². The number of fused-ring (bicyclic) bond motifs is 2. The Morgan fingerprint density at radius 3 is 2.45 bits per heavy atom. The van der Waals surface area contributed by atoms with Gasteiger partial charge in [-0.15, -0.1) is 11.8 Å². The second-order valence-electron chi connectivity index (χ2n) is 7.91. The first-order valence-electron chi connectivity index (χ1n) is 9.84. The molecule has 2 saturated heterocycles. The van der Waals surface area contributed by atoms with E-state index in [0.717, 1.165) is 11.3 Å². The fraction of sp³-hybridized carbons (Fsp3) is 0.273. The van der Waals surface area contributed by atoms with E-state index in [4.69, 9.17) is 11.6 Å². The summed E-state index contributed by atoms with van der Waals surface area (Å²) >= 11 is 8.01. The van der Waals surface area contributed by atoms with Crippen LogP contribution < -0.4 is 10.2 Å². The van der Waals surface area contributed by atoms with Crippen molar-refractivity contribution in [2.45, 2.75) is 30.7 Å². The third-order valence-electron chi connectivity index (χ3n) is 6.00. The molecule has 2 fully saturated rings. The van der Waals surface area contributed by atoms with Crippen molar-refractivity contribution >= 4 is 58.4 Å². The zero-order chi connectivity index (χ0) is 21.9. The topological polar surface area (TPSA) is 86.8 Å². The fourth-order valence-corrected chi connectivity index (χ4v) is 6.11. The number of nitrogens with one attached hydrogen (secondary N) is 1. The van der Waals surface area contributed by atoms with Crippen LogP contribution in [0.2, 0.25) is 5.02 Å². The van der Waals surface area contributed by atoms with Gasteiger partial charge in [0.25, 0.3) is 11.8 Å². The van der Waals surface area contributed by atoms with Crippen LogP contribution >= 0.6 is 23.4 Å².